The van der Waals surface area contributed by atoms with E-state index in [0.29, 0.717) is 0 Å². The Morgan fingerprint density at radius 2 is 2.06 bits per heavy atom. The summed E-state index contributed by atoms with van der Waals surface area (Å²) < 4.78 is 19.2. The lowest BCUT2D eigenvalue weighted by molar-refractivity contribution is 0.0538. The van der Waals surface area contributed by atoms with Crippen LogP contribution in [0.2, 0.25) is 0 Å². The maximum absolute atomic E-state index is 13.3. The van der Waals surface area contributed by atoms with Gasteiger partial charge in [0.15, 0.2) is 0 Å². The van der Waals surface area contributed by atoms with Crippen LogP contribution in [-0.4, -0.2) is 13.2 Å². The third-order valence-electron chi connectivity index (χ3n) is 3.38. The highest BCUT2D eigenvalue weighted by atomic mass is 19.1. The molecule has 94 valence electrons. The van der Waals surface area contributed by atoms with Crippen LogP contribution in [0, 0.1) is 11.2 Å². The minimum Gasteiger partial charge on any atom is -0.489 e. The number of fused-ring (bicyclic) bond motifs is 1. The summed E-state index contributed by atoms with van der Waals surface area (Å²) >= 11 is 0. The van der Waals surface area contributed by atoms with Crippen molar-refractivity contribution in [3.8, 4) is 5.75 Å². The summed E-state index contributed by atoms with van der Waals surface area (Å²) in [5.41, 5.74) is 1.01. The van der Waals surface area contributed by atoms with E-state index in [1.54, 1.807) is 12.1 Å². The van der Waals surface area contributed by atoms with Crippen molar-refractivity contribution in [2.45, 2.75) is 39.3 Å². The molecule has 1 N–H and O–H groups in total. The predicted octanol–water partition coefficient (Wildman–Crippen LogP) is 3.28. The maximum Gasteiger partial charge on any atom is 0.124 e. The Labute approximate surface area is 102 Å². The highest BCUT2D eigenvalue weighted by Gasteiger charge is 2.34. The van der Waals surface area contributed by atoms with E-state index in [1.807, 2.05) is 7.05 Å². The number of hydrogen-bond donors (Lipinski definition) is 1. The Hall–Kier alpha value is -1.09. The standard InChI is InChI=1S/C14H20FNO/c1-14(2,3)13-8-11(16-4)10-7-9(15)5-6-12(10)17-13/h5-7,11,13,16H,8H2,1-4H3. The van der Waals surface area contributed by atoms with Gasteiger partial charge in [0.05, 0.1) is 0 Å². The van der Waals surface area contributed by atoms with E-state index in [-0.39, 0.29) is 23.4 Å². The van der Waals surface area contributed by atoms with Crippen LogP contribution in [-0.2, 0) is 0 Å². The van der Waals surface area contributed by atoms with E-state index >= 15 is 0 Å². The molecule has 0 fully saturated rings. The molecule has 1 aromatic rings. The summed E-state index contributed by atoms with van der Waals surface area (Å²) in [6.07, 6.45) is 1.02. The van der Waals surface area contributed by atoms with Crippen LogP contribution in [0.3, 0.4) is 0 Å². The molecule has 1 aliphatic rings. The SMILES string of the molecule is CNC1CC(C(C)(C)C)Oc2ccc(F)cc21. The van der Waals surface area contributed by atoms with E-state index in [2.05, 4.69) is 26.1 Å². The molecule has 1 aromatic carbocycles. The second-order valence-corrected chi connectivity index (χ2v) is 5.73. The molecular weight excluding hydrogens is 217 g/mol. The zero-order valence-corrected chi connectivity index (χ0v) is 10.9. The molecule has 0 spiro atoms. The van der Waals surface area contributed by atoms with E-state index < -0.39 is 0 Å². The molecule has 0 saturated heterocycles. The average molecular weight is 237 g/mol. The molecule has 0 aromatic heterocycles. The first-order chi connectivity index (χ1) is 7.91. The van der Waals surface area contributed by atoms with Gasteiger partial charge in [-0.15, -0.1) is 0 Å². The van der Waals surface area contributed by atoms with Crippen LogP contribution in [0.4, 0.5) is 4.39 Å². The minimum atomic E-state index is -0.207. The van der Waals surface area contributed by atoms with Gasteiger partial charge in [-0.25, -0.2) is 4.39 Å². The monoisotopic (exact) mass is 237 g/mol. The van der Waals surface area contributed by atoms with Crippen molar-refractivity contribution in [1.82, 2.24) is 5.32 Å². The molecule has 0 saturated carbocycles. The van der Waals surface area contributed by atoms with Crippen molar-refractivity contribution in [2.75, 3.05) is 7.05 Å². The van der Waals surface area contributed by atoms with Gasteiger partial charge in [-0.2, -0.15) is 0 Å². The lowest BCUT2D eigenvalue weighted by Gasteiger charge is -2.39. The van der Waals surface area contributed by atoms with Crippen LogP contribution >= 0.6 is 0 Å². The van der Waals surface area contributed by atoms with Gasteiger partial charge in [-0.3, -0.25) is 0 Å². The lowest BCUT2D eigenvalue weighted by atomic mass is 9.82. The van der Waals surface area contributed by atoms with Crippen molar-refractivity contribution in [3.05, 3.63) is 29.6 Å². The van der Waals surface area contributed by atoms with Crippen LogP contribution in [0.15, 0.2) is 18.2 Å². The van der Waals surface area contributed by atoms with E-state index in [4.69, 9.17) is 4.74 Å². The molecule has 0 aliphatic carbocycles. The van der Waals surface area contributed by atoms with Crippen molar-refractivity contribution in [1.29, 1.82) is 0 Å². The van der Waals surface area contributed by atoms with Gasteiger partial charge >= 0.3 is 0 Å². The first-order valence-corrected chi connectivity index (χ1v) is 6.05. The van der Waals surface area contributed by atoms with E-state index in [9.17, 15) is 4.39 Å². The number of rotatable bonds is 1. The molecule has 2 unspecified atom stereocenters. The molecule has 2 atom stereocenters. The number of halogens is 1. The Bertz CT molecular complexity index is 411. The van der Waals surface area contributed by atoms with Crippen LogP contribution in [0.25, 0.3) is 0 Å². The second-order valence-electron chi connectivity index (χ2n) is 5.73. The van der Waals surface area contributed by atoms with Gasteiger partial charge in [-0.1, -0.05) is 20.8 Å². The third kappa shape index (κ3) is 2.44. The first-order valence-electron chi connectivity index (χ1n) is 6.05. The maximum atomic E-state index is 13.3. The highest BCUT2D eigenvalue weighted by Crippen LogP contribution is 2.40. The Morgan fingerprint density at radius 3 is 2.65 bits per heavy atom. The molecule has 0 bridgehead atoms. The average Bonchev–Trinajstić information content (AvgIpc) is 2.26. The van der Waals surface area contributed by atoms with Gasteiger partial charge in [0, 0.05) is 18.0 Å². The quantitative estimate of drug-likeness (QED) is 0.809. The van der Waals surface area contributed by atoms with Crippen LogP contribution in [0.1, 0.15) is 38.8 Å². The molecule has 17 heavy (non-hydrogen) atoms. The van der Waals surface area contributed by atoms with Crippen LogP contribution < -0.4 is 10.1 Å². The first kappa shape index (κ1) is 12.4. The zero-order chi connectivity index (χ0) is 12.6. The smallest absolute Gasteiger partial charge is 0.124 e. The van der Waals surface area contributed by atoms with Crippen molar-refractivity contribution in [3.63, 3.8) is 0 Å². The molecule has 1 heterocycles. The fraction of sp³-hybridized carbons (Fsp3) is 0.571. The van der Waals surface area contributed by atoms with Crippen molar-refractivity contribution < 1.29 is 9.13 Å². The van der Waals surface area contributed by atoms with Gasteiger partial charge < -0.3 is 10.1 Å². The van der Waals surface area contributed by atoms with E-state index in [1.165, 1.54) is 6.07 Å². The molecule has 2 rings (SSSR count). The fourth-order valence-electron chi connectivity index (χ4n) is 2.25. The lowest BCUT2D eigenvalue weighted by Crippen LogP contribution is -2.39. The van der Waals surface area contributed by atoms with Gasteiger partial charge in [0.25, 0.3) is 0 Å². The summed E-state index contributed by atoms with van der Waals surface area (Å²) in [5, 5.41) is 3.24. The Balaban J connectivity index is 2.36. The van der Waals surface area contributed by atoms with Gasteiger partial charge in [0.1, 0.15) is 17.7 Å². The zero-order valence-electron chi connectivity index (χ0n) is 10.9. The molecule has 3 heteroatoms. The minimum absolute atomic E-state index is 0.0845. The Morgan fingerprint density at radius 1 is 1.35 bits per heavy atom. The predicted molar refractivity (Wildman–Crippen MR) is 66.7 cm³/mol. The normalized spacial score (nSPS) is 24.1. The van der Waals surface area contributed by atoms with Crippen molar-refractivity contribution >= 4 is 0 Å². The number of nitrogens with one attached hydrogen (secondary N) is 1. The largest absolute Gasteiger partial charge is 0.489 e. The molecule has 1 aliphatic heterocycles. The number of benzene rings is 1. The molecule has 0 amide bonds. The fourth-order valence-corrected chi connectivity index (χ4v) is 2.25. The van der Waals surface area contributed by atoms with Crippen LogP contribution in [0.5, 0.6) is 5.75 Å². The number of hydrogen-bond acceptors (Lipinski definition) is 2. The molecule has 2 nitrogen and oxygen atoms in total. The van der Waals surface area contributed by atoms with Gasteiger partial charge in [0.2, 0.25) is 0 Å². The topological polar surface area (TPSA) is 21.3 Å². The Kier molecular flexibility index (Phi) is 3.13. The summed E-state index contributed by atoms with van der Waals surface area (Å²) in [6.45, 7) is 6.50. The third-order valence-corrected chi connectivity index (χ3v) is 3.38. The van der Waals surface area contributed by atoms with Gasteiger partial charge in [-0.05, 0) is 30.7 Å². The second kappa shape index (κ2) is 4.30. The summed E-state index contributed by atoms with van der Waals surface area (Å²) in [5.74, 6) is 0.596. The molecule has 0 radical (unpaired) electrons. The summed E-state index contributed by atoms with van der Waals surface area (Å²) in [4.78, 5) is 0. The summed E-state index contributed by atoms with van der Waals surface area (Å²) in [6, 6.07) is 4.91. The highest BCUT2D eigenvalue weighted by molar-refractivity contribution is 5.38. The van der Waals surface area contributed by atoms with E-state index in [0.717, 1.165) is 17.7 Å². The van der Waals surface area contributed by atoms with Crippen molar-refractivity contribution in [2.24, 2.45) is 5.41 Å². The number of ether oxygens (including phenoxy) is 1. The molecular formula is C14H20FNO. The summed E-state index contributed by atoms with van der Waals surface area (Å²) in [7, 11) is 1.91.